The maximum Gasteiger partial charge on any atom is 0.330 e. The van der Waals surface area contributed by atoms with E-state index in [2.05, 4.69) is 48.8 Å². The fourth-order valence-corrected chi connectivity index (χ4v) is 5.32. The standard InChI is InChI=1S/C22H35N4O5P/c1-8-9-10-18-19(13-20(30-18)25-14-17(6)21(27)24-22(25)28)31-32(29-12-11-23-7)26(15(2)3)16(4)5/h8,14-16,18-20H,1,9-13H2,2-6H3,(H,24,27,28)/t18-,19+,20-,32?/m1/s1/i10D/t10-,18-,19+,20-,32?. The molecular weight excluding hydrogens is 431 g/mol. The zero-order valence-electron chi connectivity index (χ0n) is 20.5. The van der Waals surface area contributed by atoms with Gasteiger partial charge in [0.15, 0.2) is 0 Å². The molecule has 32 heavy (non-hydrogen) atoms. The van der Waals surface area contributed by atoms with Crippen LogP contribution < -0.4 is 11.2 Å². The normalized spacial score (nSPS) is 23.3. The Morgan fingerprint density at radius 1 is 1.47 bits per heavy atom. The summed E-state index contributed by atoms with van der Waals surface area (Å²) in [6.45, 7) is 21.1. The highest BCUT2D eigenvalue weighted by atomic mass is 31.2. The van der Waals surface area contributed by atoms with E-state index in [1.807, 2.05) is 0 Å². The summed E-state index contributed by atoms with van der Waals surface area (Å²) in [5, 5.41) is 0. The molecule has 1 N–H and O–H groups in total. The fraction of sp³-hybridized carbons (Fsp3) is 0.682. The Morgan fingerprint density at radius 2 is 2.16 bits per heavy atom. The highest BCUT2D eigenvalue weighted by Gasteiger charge is 2.41. The molecule has 0 saturated carbocycles. The zero-order valence-corrected chi connectivity index (χ0v) is 20.4. The van der Waals surface area contributed by atoms with Crippen molar-refractivity contribution in [3.05, 3.63) is 56.7 Å². The molecule has 5 atom stereocenters. The predicted octanol–water partition coefficient (Wildman–Crippen LogP) is 3.77. The molecule has 1 saturated heterocycles. The van der Waals surface area contributed by atoms with Crippen LogP contribution >= 0.6 is 8.53 Å². The van der Waals surface area contributed by atoms with Gasteiger partial charge < -0.3 is 18.6 Å². The van der Waals surface area contributed by atoms with Crippen LogP contribution in [0, 0.1) is 13.5 Å². The lowest BCUT2D eigenvalue weighted by molar-refractivity contribution is -0.0220. The Labute approximate surface area is 192 Å². The molecule has 1 unspecified atom stereocenters. The minimum atomic E-state index is -1.54. The van der Waals surface area contributed by atoms with E-state index in [0.717, 1.165) is 0 Å². The van der Waals surface area contributed by atoms with Crippen molar-refractivity contribution in [3.63, 3.8) is 0 Å². The Morgan fingerprint density at radius 3 is 2.75 bits per heavy atom. The number of rotatable bonds is 12. The first-order chi connectivity index (χ1) is 15.6. The lowest BCUT2D eigenvalue weighted by Gasteiger charge is -2.37. The van der Waals surface area contributed by atoms with Crippen LogP contribution in [0.2, 0.25) is 0 Å². The van der Waals surface area contributed by atoms with Gasteiger partial charge in [-0.2, -0.15) is 0 Å². The Balaban J connectivity index is 2.36. The quantitative estimate of drug-likeness (QED) is 0.218. The summed E-state index contributed by atoms with van der Waals surface area (Å²) in [6.07, 6.45) is 1.37. The molecular formula is C22H35N4O5P. The van der Waals surface area contributed by atoms with E-state index < -0.39 is 44.6 Å². The Kier molecular flexibility index (Phi) is 9.64. The van der Waals surface area contributed by atoms with Crippen LogP contribution in [-0.4, -0.2) is 51.7 Å². The molecule has 1 aliphatic heterocycles. The first-order valence-electron chi connectivity index (χ1n) is 11.4. The number of ether oxygens (including phenoxy) is 1. The highest BCUT2D eigenvalue weighted by molar-refractivity contribution is 7.44. The first kappa shape index (κ1) is 24.8. The van der Waals surface area contributed by atoms with Gasteiger partial charge in [0, 0.05) is 31.6 Å². The largest absolute Gasteiger partial charge is 0.352 e. The maximum absolute atomic E-state index is 12.4. The topological polar surface area (TPSA) is 90.2 Å². The molecule has 1 aliphatic rings. The Hall–Kier alpha value is -1.82. The molecule has 0 bridgehead atoms. The summed E-state index contributed by atoms with van der Waals surface area (Å²) in [4.78, 5) is 29.9. The van der Waals surface area contributed by atoms with Gasteiger partial charge in [-0.15, -0.1) is 6.58 Å². The maximum atomic E-state index is 12.4. The number of aromatic nitrogens is 2. The SMILES string of the molecule is [2H][C@H](CC=C)[C@H]1O[C@@H](n2cc(C)c(=O)[nH]c2=O)C[C@@H]1OP(OCC[N+]#[C-])N(C(C)C)C(C)C. The number of aryl methyl sites for hydroxylation is 1. The van der Waals surface area contributed by atoms with E-state index >= 15 is 0 Å². The van der Waals surface area contributed by atoms with Crippen LogP contribution in [-0.2, 0) is 13.8 Å². The van der Waals surface area contributed by atoms with Gasteiger partial charge in [0.05, 0.1) is 12.2 Å². The number of allylic oxidation sites excluding steroid dienone is 1. The molecule has 0 radical (unpaired) electrons. The lowest BCUT2D eigenvalue weighted by atomic mass is 10.1. The molecule has 178 valence electrons. The third kappa shape index (κ3) is 6.84. The van der Waals surface area contributed by atoms with Crippen molar-refractivity contribution in [3.8, 4) is 0 Å². The lowest BCUT2D eigenvalue weighted by Crippen LogP contribution is -2.36. The molecule has 2 heterocycles. The summed E-state index contributed by atoms with van der Waals surface area (Å²) in [5.74, 6) is 0. The number of hydrogen-bond acceptors (Lipinski definition) is 6. The molecule has 0 aromatic carbocycles. The number of nitrogens with one attached hydrogen (secondary N) is 1. The van der Waals surface area contributed by atoms with Crippen LogP contribution in [0.1, 0.15) is 60.1 Å². The molecule has 10 heteroatoms. The second-order valence-corrected chi connectivity index (χ2v) is 9.60. The molecule has 0 aliphatic carbocycles. The van der Waals surface area contributed by atoms with Crippen molar-refractivity contribution in [2.75, 3.05) is 13.2 Å². The molecule has 9 nitrogen and oxygen atoms in total. The second kappa shape index (κ2) is 12.4. The summed E-state index contributed by atoms with van der Waals surface area (Å²) < 4.78 is 30.7. The summed E-state index contributed by atoms with van der Waals surface area (Å²) in [5.41, 5.74) is -0.616. The van der Waals surface area contributed by atoms with E-state index in [9.17, 15) is 9.59 Å². The first-order valence-corrected chi connectivity index (χ1v) is 12.0. The van der Waals surface area contributed by atoms with E-state index in [1.54, 1.807) is 13.0 Å². The predicted molar refractivity (Wildman–Crippen MR) is 125 cm³/mol. The molecule has 0 amide bonds. The van der Waals surface area contributed by atoms with Crippen LogP contribution in [0.3, 0.4) is 0 Å². The van der Waals surface area contributed by atoms with Crippen LogP contribution in [0.25, 0.3) is 4.85 Å². The van der Waals surface area contributed by atoms with Crippen molar-refractivity contribution >= 4 is 8.53 Å². The van der Waals surface area contributed by atoms with Crippen molar-refractivity contribution in [2.45, 2.75) is 84.4 Å². The third-order valence-electron chi connectivity index (χ3n) is 4.98. The van der Waals surface area contributed by atoms with Gasteiger partial charge in [-0.05, 0) is 47.4 Å². The van der Waals surface area contributed by atoms with Gasteiger partial charge in [0.1, 0.15) is 12.8 Å². The fourth-order valence-electron chi connectivity index (χ4n) is 3.58. The second-order valence-electron chi connectivity index (χ2n) is 8.19. The van der Waals surface area contributed by atoms with Gasteiger partial charge >= 0.3 is 5.69 Å². The summed E-state index contributed by atoms with van der Waals surface area (Å²) in [6, 6.07) is 0.259. The number of aromatic amines is 1. The highest BCUT2D eigenvalue weighted by Crippen LogP contribution is 2.50. The Bertz CT molecular complexity index is 936. The monoisotopic (exact) mass is 467 g/mol. The van der Waals surface area contributed by atoms with E-state index in [0.29, 0.717) is 18.4 Å². The molecule has 1 aromatic heterocycles. The molecule has 1 fully saturated rings. The van der Waals surface area contributed by atoms with E-state index in [1.165, 1.54) is 10.8 Å². The molecule has 1 aromatic rings. The summed E-state index contributed by atoms with van der Waals surface area (Å²) >= 11 is 0. The molecule has 2 rings (SSSR count). The van der Waals surface area contributed by atoms with Crippen molar-refractivity contribution in [1.82, 2.24) is 14.2 Å². The number of H-pyrrole nitrogens is 1. The smallest absolute Gasteiger partial charge is 0.330 e. The van der Waals surface area contributed by atoms with Gasteiger partial charge in [-0.1, -0.05) is 6.08 Å². The molecule has 0 spiro atoms. The average Bonchev–Trinajstić information content (AvgIpc) is 3.14. The minimum absolute atomic E-state index is 0.130. The van der Waals surface area contributed by atoms with Gasteiger partial charge in [0.2, 0.25) is 6.54 Å². The minimum Gasteiger partial charge on any atom is -0.352 e. The zero-order chi connectivity index (χ0) is 24.7. The van der Waals surface area contributed by atoms with Crippen molar-refractivity contribution < 1.29 is 15.2 Å². The van der Waals surface area contributed by atoms with Crippen LogP contribution in [0.4, 0.5) is 0 Å². The van der Waals surface area contributed by atoms with Crippen LogP contribution in [0.15, 0.2) is 28.4 Å². The van der Waals surface area contributed by atoms with Crippen molar-refractivity contribution in [1.29, 1.82) is 0 Å². The van der Waals surface area contributed by atoms with E-state index in [4.69, 9.17) is 21.7 Å². The average molecular weight is 468 g/mol. The number of hydrogen-bond donors (Lipinski definition) is 1. The van der Waals surface area contributed by atoms with Gasteiger partial charge in [0.25, 0.3) is 14.1 Å². The summed E-state index contributed by atoms with van der Waals surface area (Å²) in [7, 11) is -1.54. The van der Waals surface area contributed by atoms with E-state index in [-0.39, 0.29) is 25.2 Å². The van der Waals surface area contributed by atoms with Crippen LogP contribution in [0.5, 0.6) is 0 Å². The number of nitrogens with zero attached hydrogens (tertiary/aromatic N) is 3. The van der Waals surface area contributed by atoms with Gasteiger partial charge in [-0.25, -0.2) is 16.0 Å². The van der Waals surface area contributed by atoms with Gasteiger partial charge in [-0.3, -0.25) is 14.3 Å². The van der Waals surface area contributed by atoms with Crippen molar-refractivity contribution in [2.24, 2.45) is 0 Å². The third-order valence-corrected chi connectivity index (χ3v) is 7.14.